The summed E-state index contributed by atoms with van der Waals surface area (Å²) in [7, 11) is 3.17. The van der Waals surface area contributed by atoms with E-state index in [9.17, 15) is 9.59 Å². The minimum atomic E-state index is 0.0129. The van der Waals surface area contributed by atoms with Crippen molar-refractivity contribution in [3.8, 4) is 11.5 Å². The highest BCUT2D eigenvalue weighted by molar-refractivity contribution is 5.80. The third kappa shape index (κ3) is 5.09. The van der Waals surface area contributed by atoms with Gasteiger partial charge in [-0.15, -0.1) is 0 Å². The number of carbonyl (C=O) groups is 2. The molecule has 0 aromatic heterocycles. The molecule has 1 aromatic rings. The Balaban J connectivity index is 1.47. The second-order valence-corrected chi connectivity index (χ2v) is 7.52. The second kappa shape index (κ2) is 9.66. The number of rotatable bonds is 5. The monoisotopic (exact) mass is 389 g/mol. The maximum atomic E-state index is 12.6. The van der Waals surface area contributed by atoms with Crippen molar-refractivity contribution in [2.75, 3.05) is 40.4 Å². The lowest BCUT2D eigenvalue weighted by Gasteiger charge is -2.36. The van der Waals surface area contributed by atoms with Crippen LogP contribution in [-0.4, -0.2) is 68.2 Å². The van der Waals surface area contributed by atoms with Gasteiger partial charge in [-0.05, 0) is 30.5 Å². The van der Waals surface area contributed by atoms with Gasteiger partial charge >= 0.3 is 6.03 Å². The second-order valence-electron chi connectivity index (χ2n) is 7.52. The summed E-state index contributed by atoms with van der Waals surface area (Å²) in [6, 6.07) is 5.86. The Kier molecular flexibility index (Phi) is 7.01. The molecule has 7 heteroatoms. The van der Waals surface area contributed by atoms with Gasteiger partial charge in [-0.25, -0.2) is 4.79 Å². The van der Waals surface area contributed by atoms with Gasteiger partial charge in [-0.1, -0.05) is 25.3 Å². The molecule has 3 amide bonds. The van der Waals surface area contributed by atoms with Crippen LogP contribution in [0.1, 0.15) is 37.7 Å². The number of urea groups is 1. The minimum absolute atomic E-state index is 0.0129. The molecule has 0 radical (unpaired) electrons. The highest BCUT2D eigenvalue weighted by Crippen LogP contribution is 2.28. The first-order valence-electron chi connectivity index (χ1n) is 10.1. The van der Waals surface area contributed by atoms with Crippen LogP contribution in [0.4, 0.5) is 4.79 Å². The molecule has 0 bridgehead atoms. The number of benzene rings is 1. The van der Waals surface area contributed by atoms with E-state index in [0.29, 0.717) is 50.1 Å². The van der Waals surface area contributed by atoms with E-state index in [-0.39, 0.29) is 11.9 Å². The molecule has 7 nitrogen and oxygen atoms in total. The fraction of sp³-hybridized carbons (Fsp3) is 0.619. The zero-order chi connectivity index (χ0) is 19.9. The maximum absolute atomic E-state index is 12.6. The number of hydrogen-bond acceptors (Lipinski definition) is 4. The largest absolute Gasteiger partial charge is 0.493 e. The first-order valence-corrected chi connectivity index (χ1v) is 10.1. The predicted molar refractivity (Wildman–Crippen MR) is 107 cm³/mol. The number of nitrogens with one attached hydrogen (secondary N) is 1. The van der Waals surface area contributed by atoms with Gasteiger partial charge in [-0.3, -0.25) is 4.79 Å². The summed E-state index contributed by atoms with van der Waals surface area (Å²) in [5.74, 6) is 1.34. The van der Waals surface area contributed by atoms with Crippen molar-refractivity contribution in [3.05, 3.63) is 23.8 Å². The highest BCUT2D eigenvalue weighted by atomic mass is 16.5. The van der Waals surface area contributed by atoms with Crippen LogP contribution in [0.5, 0.6) is 11.5 Å². The van der Waals surface area contributed by atoms with Crippen molar-refractivity contribution < 1.29 is 19.1 Å². The van der Waals surface area contributed by atoms with Crippen LogP contribution in [0.25, 0.3) is 0 Å². The van der Waals surface area contributed by atoms with Crippen LogP contribution in [0.15, 0.2) is 18.2 Å². The molecular weight excluding hydrogens is 358 g/mol. The summed E-state index contributed by atoms with van der Waals surface area (Å²) in [6.07, 6.45) is 6.14. The molecule has 154 valence electrons. The minimum Gasteiger partial charge on any atom is -0.493 e. The standard InChI is InChI=1S/C21H31N3O4/c1-27-18-9-8-16(14-19(18)28-2)15-20(25)23-10-12-24(13-11-23)21(26)22-17-6-4-3-5-7-17/h8-9,14,17H,3-7,10-13,15H2,1-2H3,(H,22,26). The van der Waals surface area contributed by atoms with Gasteiger partial charge in [0.05, 0.1) is 20.6 Å². The fourth-order valence-corrected chi connectivity index (χ4v) is 3.95. The van der Waals surface area contributed by atoms with Crippen LogP contribution in [-0.2, 0) is 11.2 Å². The van der Waals surface area contributed by atoms with Crippen LogP contribution in [0.2, 0.25) is 0 Å². The van der Waals surface area contributed by atoms with E-state index in [0.717, 1.165) is 18.4 Å². The Bertz CT molecular complexity index is 680. The van der Waals surface area contributed by atoms with Crippen LogP contribution >= 0.6 is 0 Å². The van der Waals surface area contributed by atoms with E-state index >= 15 is 0 Å². The number of amides is 3. The normalized spacial score (nSPS) is 17.9. The molecule has 1 aliphatic carbocycles. The number of ether oxygens (including phenoxy) is 2. The summed E-state index contributed by atoms with van der Waals surface area (Å²) in [6.45, 7) is 2.31. The zero-order valence-corrected chi connectivity index (χ0v) is 16.9. The lowest BCUT2D eigenvalue weighted by Crippen LogP contribution is -2.54. The summed E-state index contributed by atoms with van der Waals surface area (Å²) in [4.78, 5) is 28.8. The average molecular weight is 389 g/mol. The molecule has 1 aromatic carbocycles. The van der Waals surface area contributed by atoms with Crippen molar-refractivity contribution in [2.24, 2.45) is 0 Å². The zero-order valence-electron chi connectivity index (χ0n) is 16.9. The van der Waals surface area contributed by atoms with Crippen LogP contribution in [0, 0.1) is 0 Å². The van der Waals surface area contributed by atoms with E-state index in [1.165, 1.54) is 19.3 Å². The molecule has 3 rings (SSSR count). The third-order valence-corrected chi connectivity index (χ3v) is 5.66. The smallest absolute Gasteiger partial charge is 0.317 e. The van der Waals surface area contributed by atoms with E-state index in [4.69, 9.17) is 9.47 Å². The summed E-state index contributed by atoms with van der Waals surface area (Å²) < 4.78 is 10.5. The van der Waals surface area contributed by atoms with Gasteiger partial charge in [0.15, 0.2) is 11.5 Å². The molecule has 2 aliphatic rings. The van der Waals surface area contributed by atoms with E-state index in [2.05, 4.69) is 5.32 Å². The summed E-state index contributed by atoms with van der Waals surface area (Å²) in [5.41, 5.74) is 0.889. The molecule has 0 unspecified atom stereocenters. The first kappa shape index (κ1) is 20.3. The Labute approximate surface area is 167 Å². The topological polar surface area (TPSA) is 71.1 Å². The lowest BCUT2D eigenvalue weighted by atomic mass is 9.96. The van der Waals surface area contributed by atoms with Gasteiger partial charge in [0.2, 0.25) is 5.91 Å². The fourth-order valence-electron chi connectivity index (χ4n) is 3.95. The predicted octanol–water partition coefficient (Wildman–Crippen LogP) is 2.43. The van der Waals surface area contributed by atoms with Gasteiger partial charge in [0, 0.05) is 32.2 Å². The molecule has 0 spiro atoms. The molecule has 1 N–H and O–H groups in total. The highest BCUT2D eigenvalue weighted by Gasteiger charge is 2.26. The third-order valence-electron chi connectivity index (χ3n) is 5.66. The SMILES string of the molecule is COc1ccc(CC(=O)N2CCN(C(=O)NC3CCCCC3)CC2)cc1OC. The molecule has 1 saturated carbocycles. The number of piperazine rings is 1. The first-order chi connectivity index (χ1) is 13.6. The van der Waals surface area contributed by atoms with Crippen molar-refractivity contribution in [2.45, 2.75) is 44.6 Å². The quantitative estimate of drug-likeness (QED) is 0.840. The van der Waals surface area contributed by atoms with Crippen LogP contribution < -0.4 is 14.8 Å². The summed E-state index contributed by atoms with van der Waals surface area (Å²) in [5, 5.41) is 3.15. The molecule has 28 heavy (non-hydrogen) atoms. The van der Waals surface area contributed by atoms with Gasteiger partial charge in [0.25, 0.3) is 0 Å². The molecule has 2 fully saturated rings. The molecule has 1 aliphatic heterocycles. The Morgan fingerprint density at radius 2 is 1.61 bits per heavy atom. The van der Waals surface area contributed by atoms with Crippen molar-refractivity contribution in [3.63, 3.8) is 0 Å². The number of methoxy groups -OCH3 is 2. The lowest BCUT2D eigenvalue weighted by molar-refractivity contribution is -0.131. The molecular formula is C21H31N3O4. The van der Waals surface area contributed by atoms with Crippen molar-refractivity contribution in [1.82, 2.24) is 15.1 Å². The van der Waals surface area contributed by atoms with Crippen LogP contribution in [0.3, 0.4) is 0 Å². The number of nitrogens with zero attached hydrogens (tertiary/aromatic N) is 2. The maximum Gasteiger partial charge on any atom is 0.317 e. The van der Waals surface area contributed by atoms with Gasteiger partial charge in [-0.2, -0.15) is 0 Å². The Morgan fingerprint density at radius 3 is 2.25 bits per heavy atom. The van der Waals surface area contributed by atoms with Gasteiger partial charge in [0.1, 0.15) is 0 Å². The van der Waals surface area contributed by atoms with Crippen molar-refractivity contribution >= 4 is 11.9 Å². The molecule has 1 saturated heterocycles. The molecule has 0 atom stereocenters. The van der Waals surface area contributed by atoms with Gasteiger partial charge < -0.3 is 24.6 Å². The van der Waals surface area contributed by atoms with Crippen molar-refractivity contribution in [1.29, 1.82) is 0 Å². The van der Waals surface area contributed by atoms with E-state index in [1.807, 2.05) is 28.0 Å². The number of hydrogen-bond donors (Lipinski definition) is 1. The number of carbonyl (C=O) groups excluding carboxylic acids is 2. The Hall–Kier alpha value is -2.44. The van der Waals surface area contributed by atoms with E-state index in [1.54, 1.807) is 14.2 Å². The Morgan fingerprint density at radius 1 is 0.964 bits per heavy atom. The van der Waals surface area contributed by atoms with E-state index < -0.39 is 0 Å². The molecule has 1 heterocycles. The average Bonchev–Trinajstić information content (AvgIpc) is 2.74. The summed E-state index contributed by atoms with van der Waals surface area (Å²) >= 11 is 0.